The Labute approximate surface area is 148 Å². The van der Waals surface area contributed by atoms with Crippen LogP contribution in [0.4, 0.5) is 0 Å². The van der Waals surface area contributed by atoms with Crippen molar-refractivity contribution in [2.75, 3.05) is 0 Å². The SMILES string of the molecule is CCCCCCCCCCCCCCCCCC(=O)O.[NH2][Zn]. The molecule has 0 aromatic rings. The van der Waals surface area contributed by atoms with Gasteiger partial charge in [-0.05, 0) is 6.42 Å². The maximum atomic E-state index is 10.3. The molecule has 0 saturated carbocycles. The van der Waals surface area contributed by atoms with Crippen molar-refractivity contribution in [3.63, 3.8) is 0 Å². The number of nitrogens with two attached hydrogens (primary N) is 1. The predicted octanol–water partition coefficient (Wildman–Crippen LogP) is 5.74. The van der Waals surface area contributed by atoms with Crippen LogP contribution in [0.1, 0.15) is 110 Å². The normalized spacial score (nSPS) is 10.2. The second-order valence-corrected chi connectivity index (χ2v) is 6.09. The molecule has 0 aromatic heterocycles. The van der Waals surface area contributed by atoms with Gasteiger partial charge in [-0.3, -0.25) is 4.79 Å². The average molecular weight is 366 g/mol. The number of aliphatic carboxylic acids is 1. The molecule has 0 heterocycles. The standard InChI is InChI=1S/C18H36O2.H2N.Zn/c1-2-3-4-5-6-7-8-9-10-11-12-13-14-15-16-17-18(19)20;;/h2-17H2,1H3,(H,19,20);1H2;/q;-1;+1. The number of rotatable bonds is 16. The van der Waals surface area contributed by atoms with E-state index in [1.165, 1.54) is 83.5 Å². The van der Waals surface area contributed by atoms with Crippen molar-refractivity contribution >= 4 is 5.97 Å². The van der Waals surface area contributed by atoms with E-state index >= 15 is 0 Å². The van der Waals surface area contributed by atoms with Crippen LogP contribution in [-0.4, -0.2) is 11.1 Å². The molecular formula is C18H38NO2Zn. The van der Waals surface area contributed by atoms with E-state index in [0.29, 0.717) is 6.42 Å². The molecule has 0 amide bonds. The molecule has 3 N–H and O–H groups in total. The number of unbranched alkanes of at least 4 members (excludes halogenated alkanes) is 14. The summed E-state index contributed by atoms with van der Waals surface area (Å²) in [5.74, 6) is -0.653. The number of hydrogen-bond donors (Lipinski definition) is 2. The fourth-order valence-corrected chi connectivity index (χ4v) is 2.65. The summed E-state index contributed by atoms with van der Waals surface area (Å²) in [6.07, 6.45) is 20.2. The molecule has 0 atom stereocenters. The zero-order valence-corrected chi connectivity index (χ0v) is 17.9. The van der Waals surface area contributed by atoms with Crippen molar-refractivity contribution in [2.45, 2.75) is 110 Å². The van der Waals surface area contributed by atoms with Gasteiger partial charge in [0.1, 0.15) is 0 Å². The van der Waals surface area contributed by atoms with E-state index in [0.717, 1.165) is 31.4 Å². The summed E-state index contributed by atoms with van der Waals surface area (Å²) < 4.78 is 4.62. The minimum absolute atomic E-state index is 0.345. The van der Waals surface area contributed by atoms with Crippen molar-refractivity contribution in [1.29, 1.82) is 0 Å². The van der Waals surface area contributed by atoms with Gasteiger partial charge in [0.2, 0.25) is 0 Å². The Bertz CT molecular complexity index is 213. The van der Waals surface area contributed by atoms with Crippen LogP contribution in [-0.2, 0) is 23.3 Å². The van der Waals surface area contributed by atoms with Crippen LogP contribution in [0.25, 0.3) is 0 Å². The second kappa shape index (κ2) is 23.3. The van der Waals surface area contributed by atoms with Gasteiger partial charge < -0.3 is 5.11 Å². The first-order valence-electron chi connectivity index (χ1n) is 9.40. The van der Waals surface area contributed by atoms with Gasteiger partial charge in [-0.1, -0.05) is 96.8 Å². The Hall–Kier alpha value is 0.0534. The zero-order valence-electron chi connectivity index (χ0n) is 15.0. The Morgan fingerprint density at radius 3 is 1.23 bits per heavy atom. The van der Waals surface area contributed by atoms with E-state index in [1.54, 1.807) is 0 Å². The van der Waals surface area contributed by atoms with Crippen molar-refractivity contribution in [3.8, 4) is 0 Å². The summed E-state index contributed by atoms with van der Waals surface area (Å²) in [4.78, 5) is 10.3. The van der Waals surface area contributed by atoms with E-state index in [2.05, 4.69) is 11.4 Å². The molecule has 3 nitrogen and oxygen atoms in total. The monoisotopic (exact) mass is 364 g/mol. The van der Waals surface area contributed by atoms with Gasteiger partial charge in [0, 0.05) is 6.42 Å². The Kier molecular flexibility index (Phi) is 25.8. The third-order valence-corrected chi connectivity index (χ3v) is 3.99. The van der Waals surface area contributed by atoms with Gasteiger partial charge in [0.25, 0.3) is 0 Å². The molecule has 0 bridgehead atoms. The maximum absolute atomic E-state index is 10.3. The van der Waals surface area contributed by atoms with Gasteiger partial charge in [-0.2, -0.15) is 0 Å². The van der Waals surface area contributed by atoms with Gasteiger partial charge in [-0.15, -0.1) is 0 Å². The first-order valence-corrected chi connectivity index (χ1v) is 11.1. The molecule has 0 aliphatic heterocycles. The molecule has 4 heteroatoms. The van der Waals surface area contributed by atoms with Crippen LogP contribution in [0, 0.1) is 0 Å². The summed E-state index contributed by atoms with van der Waals surface area (Å²) >= 11 is 0.875. The quantitative estimate of drug-likeness (QED) is 0.271. The van der Waals surface area contributed by atoms with Crippen LogP contribution >= 0.6 is 0 Å². The van der Waals surface area contributed by atoms with Crippen LogP contribution in [0.5, 0.6) is 0 Å². The minimum atomic E-state index is -0.653. The summed E-state index contributed by atoms with van der Waals surface area (Å²) in [5, 5.41) is 8.52. The zero-order chi connectivity index (χ0) is 16.9. The third kappa shape index (κ3) is 25.0. The molecule has 0 rings (SSSR count). The second-order valence-electron chi connectivity index (χ2n) is 6.09. The first kappa shape index (κ1) is 24.3. The Balaban J connectivity index is 0. The van der Waals surface area contributed by atoms with Gasteiger partial charge in [-0.25, -0.2) is 0 Å². The summed E-state index contributed by atoms with van der Waals surface area (Å²) in [5.41, 5.74) is 0. The summed E-state index contributed by atoms with van der Waals surface area (Å²) in [7, 11) is 0. The van der Waals surface area contributed by atoms with E-state index in [9.17, 15) is 4.79 Å². The summed E-state index contributed by atoms with van der Waals surface area (Å²) in [6, 6.07) is 0. The van der Waals surface area contributed by atoms with Crippen LogP contribution in [0.2, 0.25) is 0 Å². The van der Waals surface area contributed by atoms with Gasteiger partial charge >= 0.3 is 29.0 Å². The molecule has 0 aliphatic rings. The number of carbonyl (C=O) groups is 1. The fraction of sp³-hybridized carbons (Fsp3) is 0.944. The Morgan fingerprint density at radius 2 is 0.955 bits per heavy atom. The molecule has 0 fully saturated rings. The van der Waals surface area contributed by atoms with Crippen LogP contribution in [0.15, 0.2) is 0 Å². The fourth-order valence-electron chi connectivity index (χ4n) is 2.65. The van der Waals surface area contributed by atoms with Crippen molar-refractivity contribution in [1.82, 2.24) is 0 Å². The molecule has 0 spiro atoms. The third-order valence-electron chi connectivity index (χ3n) is 3.99. The molecule has 0 aromatic carbocycles. The molecule has 0 saturated heterocycles. The van der Waals surface area contributed by atoms with Crippen LogP contribution < -0.4 is 4.48 Å². The summed E-state index contributed by atoms with van der Waals surface area (Å²) in [6.45, 7) is 2.27. The number of hydrogen-bond acceptors (Lipinski definition) is 2. The van der Waals surface area contributed by atoms with E-state index in [-0.39, 0.29) is 0 Å². The predicted molar refractivity (Wildman–Crippen MR) is 91.4 cm³/mol. The average Bonchev–Trinajstić information content (AvgIpc) is 2.53. The number of carboxylic acids is 1. The van der Waals surface area contributed by atoms with Crippen molar-refractivity contribution in [3.05, 3.63) is 0 Å². The molecule has 22 heavy (non-hydrogen) atoms. The van der Waals surface area contributed by atoms with Gasteiger partial charge in [0.15, 0.2) is 0 Å². The van der Waals surface area contributed by atoms with Crippen molar-refractivity contribution in [2.24, 2.45) is 4.48 Å². The molecular weight excluding hydrogens is 328 g/mol. The molecule has 0 aliphatic carbocycles. The van der Waals surface area contributed by atoms with Gasteiger partial charge in [0.05, 0.1) is 0 Å². The first-order chi connectivity index (χ1) is 10.8. The number of carboxylic acid groups (broad SMARTS) is 1. The topological polar surface area (TPSA) is 63.3 Å². The van der Waals surface area contributed by atoms with Crippen molar-refractivity contribution < 1.29 is 28.4 Å². The molecule has 0 unspecified atom stereocenters. The van der Waals surface area contributed by atoms with E-state index in [1.807, 2.05) is 0 Å². The molecule has 0 radical (unpaired) electrons. The van der Waals surface area contributed by atoms with E-state index in [4.69, 9.17) is 5.11 Å². The van der Waals surface area contributed by atoms with Crippen LogP contribution in [0.3, 0.4) is 0 Å². The Morgan fingerprint density at radius 1 is 0.682 bits per heavy atom. The van der Waals surface area contributed by atoms with E-state index < -0.39 is 5.97 Å². The molecule has 129 valence electrons.